The molecule has 1 amide bonds. The zero-order valence-electron chi connectivity index (χ0n) is 15.8. The number of hydrogen-bond donors (Lipinski definition) is 1. The molecule has 2 aromatic heterocycles. The zero-order valence-corrected chi connectivity index (χ0v) is 17.3. The summed E-state index contributed by atoms with van der Waals surface area (Å²) in [4.78, 5) is 14.4. The summed E-state index contributed by atoms with van der Waals surface area (Å²) in [7, 11) is 0. The maximum Gasteiger partial charge on any atom is 0.222 e. The van der Waals surface area contributed by atoms with Crippen molar-refractivity contribution in [2.75, 3.05) is 13.1 Å². The Hall–Kier alpha value is -2.22. The van der Waals surface area contributed by atoms with E-state index >= 15 is 0 Å². The van der Waals surface area contributed by atoms with Crippen LogP contribution in [0.15, 0.2) is 36.4 Å². The van der Waals surface area contributed by atoms with Crippen molar-refractivity contribution in [3.05, 3.63) is 58.0 Å². The quantitative estimate of drug-likeness (QED) is 0.667. The van der Waals surface area contributed by atoms with Crippen LogP contribution in [0.3, 0.4) is 0 Å². The molecule has 152 valence electrons. The first-order valence-electron chi connectivity index (χ1n) is 9.58. The molecule has 0 radical (unpaired) electrons. The summed E-state index contributed by atoms with van der Waals surface area (Å²) in [6.07, 6.45) is 2.67. The number of fused-ring (bicyclic) bond motifs is 1. The van der Waals surface area contributed by atoms with Gasteiger partial charge in [-0.15, -0.1) is 10.2 Å². The third-order valence-electron chi connectivity index (χ3n) is 5.41. The Labute approximate surface area is 178 Å². The van der Waals surface area contributed by atoms with Crippen LogP contribution in [0.2, 0.25) is 10.2 Å². The van der Waals surface area contributed by atoms with Crippen molar-refractivity contribution < 1.29 is 9.90 Å². The van der Waals surface area contributed by atoms with Crippen molar-refractivity contribution in [1.29, 1.82) is 0 Å². The highest BCUT2D eigenvalue weighted by molar-refractivity contribution is 6.30. The van der Waals surface area contributed by atoms with E-state index in [1.165, 1.54) is 0 Å². The van der Waals surface area contributed by atoms with Crippen LogP contribution in [-0.2, 0) is 16.8 Å². The Morgan fingerprint density at radius 2 is 1.79 bits per heavy atom. The molecule has 1 N–H and O–H groups in total. The van der Waals surface area contributed by atoms with Gasteiger partial charge >= 0.3 is 0 Å². The maximum absolute atomic E-state index is 12.6. The van der Waals surface area contributed by atoms with Crippen molar-refractivity contribution in [2.45, 2.75) is 37.7 Å². The van der Waals surface area contributed by atoms with E-state index in [2.05, 4.69) is 15.3 Å². The maximum atomic E-state index is 12.6. The van der Waals surface area contributed by atoms with Crippen molar-refractivity contribution in [2.24, 2.45) is 0 Å². The number of piperidine rings is 1. The van der Waals surface area contributed by atoms with E-state index in [1.807, 2.05) is 17.0 Å². The fourth-order valence-electron chi connectivity index (χ4n) is 3.70. The predicted molar refractivity (Wildman–Crippen MR) is 110 cm³/mol. The van der Waals surface area contributed by atoms with Crippen molar-refractivity contribution >= 4 is 34.8 Å². The largest absolute Gasteiger partial charge is 0.385 e. The lowest BCUT2D eigenvalue weighted by Crippen LogP contribution is -2.45. The smallest absolute Gasteiger partial charge is 0.222 e. The van der Waals surface area contributed by atoms with E-state index in [-0.39, 0.29) is 5.91 Å². The number of aromatic nitrogens is 4. The lowest BCUT2D eigenvalue weighted by molar-refractivity contribution is -0.135. The lowest BCUT2D eigenvalue weighted by atomic mass is 9.84. The van der Waals surface area contributed by atoms with Crippen LogP contribution >= 0.6 is 23.2 Å². The molecule has 29 heavy (non-hydrogen) atoms. The van der Waals surface area contributed by atoms with Crippen LogP contribution in [0, 0.1) is 0 Å². The molecule has 0 bridgehead atoms. The molecule has 0 atom stereocenters. The highest BCUT2D eigenvalue weighted by Gasteiger charge is 2.35. The molecule has 4 rings (SSSR count). The van der Waals surface area contributed by atoms with Gasteiger partial charge in [0, 0.05) is 31.0 Å². The van der Waals surface area contributed by atoms with Gasteiger partial charge in [0.2, 0.25) is 5.91 Å². The van der Waals surface area contributed by atoms with Crippen LogP contribution in [-0.4, -0.2) is 48.8 Å². The molecule has 1 aromatic carbocycles. The molecule has 1 fully saturated rings. The number of carbonyl (C=O) groups is 1. The number of halogens is 2. The van der Waals surface area contributed by atoms with Gasteiger partial charge in [0.1, 0.15) is 5.15 Å². The standard InChI is InChI=1S/C20H21Cl2N5O2/c21-15-6-4-14(5-7-15)20(29)10-12-26(13-11-20)19(28)3-1-2-17-23-24-18-9-8-16(22)25-27(17)18/h4-9,29H,1-3,10-13H2. The molecule has 1 aliphatic heterocycles. The molecule has 0 aliphatic carbocycles. The fraction of sp³-hybridized carbons (Fsp3) is 0.400. The summed E-state index contributed by atoms with van der Waals surface area (Å²) in [5.41, 5.74) is 0.569. The van der Waals surface area contributed by atoms with Gasteiger partial charge in [-0.25, -0.2) is 0 Å². The predicted octanol–water partition coefficient (Wildman–Crippen LogP) is 3.26. The average Bonchev–Trinajstić information content (AvgIpc) is 3.11. The highest BCUT2D eigenvalue weighted by Crippen LogP contribution is 2.33. The molecular formula is C20H21Cl2N5O2. The number of rotatable bonds is 5. The molecule has 9 heteroatoms. The summed E-state index contributed by atoms with van der Waals surface area (Å²) in [6.45, 7) is 1.06. The molecule has 0 unspecified atom stereocenters. The van der Waals surface area contributed by atoms with Crippen LogP contribution in [0.4, 0.5) is 0 Å². The zero-order chi connectivity index (χ0) is 20.4. The van der Waals surface area contributed by atoms with Gasteiger partial charge in [-0.05, 0) is 49.1 Å². The number of amides is 1. The summed E-state index contributed by atoms with van der Waals surface area (Å²) in [6, 6.07) is 10.7. The fourth-order valence-corrected chi connectivity index (χ4v) is 3.96. The topological polar surface area (TPSA) is 83.6 Å². The number of aliphatic hydroxyl groups is 1. The molecule has 1 aliphatic rings. The Kier molecular flexibility index (Phi) is 5.72. The van der Waals surface area contributed by atoms with Crippen molar-refractivity contribution in [3.63, 3.8) is 0 Å². The van der Waals surface area contributed by atoms with Gasteiger partial charge < -0.3 is 10.0 Å². The van der Waals surface area contributed by atoms with Gasteiger partial charge in [0.25, 0.3) is 0 Å². The van der Waals surface area contributed by atoms with Crippen molar-refractivity contribution in [1.82, 2.24) is 24.7 Å². The summed E-state index contributed by atoms with van der Waals surface area (Å²) >= 11 is 11.9. The van der Waals surface area contributed by atoms with E-state index in [0.717, 1.165) is 5.56 Å². The van der Waals surface area contributed by atoms with Crippen LogP contribution in [0.25, 0.3) is 5.65 Å². The second-order valence-electron chi connectivity index (χ2n) is 7.32. The lowest BCUT2D eigenvalue weighted by Gasteiger charge is -2.38. The molecule has 3 heterocycles. The molecule has 0 spiro atoms. The second kappa shape index (κ2) is 8.26. The number of likely N-dealkylation sites (tertiary alicyclic amines) is 1. The molecule has 3 aromatic rings. The first kappa shape index (κ1) is 20.1. The average molecular weight is 434 g/mol. The number of hydrogen-bond acceptors (Lipinski definition) is 5. The normalized spacial score (nSPS) is 16.3. The Balaban J connectivity index is 1.30. The SMILES string of the molecule is O=C(CCCc1nnc2ccc(Cl)nn12)N1CCC(O)(c2ccc(Cl)cc2)CC1. The third-order valence-corrected chi connectivity index (χ3v) is 5.86. The third kappa shape index (κ3) is 4.37. The Bertz CT molecular complexity index is 1010. The van der Waals surface area contributed by atoms with Gasteiger partial charge in [-0.2, -0.15) is 9.61 Å². The first-order chi connectivity index (χ1) is 13.9. The first-order valence-corrected chi connectivity index (χ1v) is 10.3. The summed E-state index contributed by atoms with van der Waals surface area (Å²) < 4.78 is 1.61. The van der Waals surface area contributed by atoms with Crippen molar-refractivity contribution in [3.8, 4) is 0 Å². The number of nitrogens with zero attached hydrogens (tertiary/aromatic N) is 5. The van der Waals surface area contributed by atoms with Gasteiger partial charge in [0.05, 0.1) is 5.60 Å². The minimum atomic E-state index is -0.910. The Morgan fingerprint density at radius 1 is 1.07 bits per heavy atom. The Morgan fingerprint density at radius 3 is 2.52 bits per heavy atom. The molecule has 0 saturated carbocycles. The van der Waals surface area contributed by atoms with E-state index in [0.29, 0.717) is 66.8 Å². The van der Waals surface area contributed by atoms with Crippen LogP contribution < -0.4 is 0 Å². The highest BCUT2D eigenvalue weighted by atomic mass is 35.5. The van der Waals surface area contributed by atoms with E-state index in [1.54, 1.807) is 28.8 Å². The summed E-state index contributed by atoms with van der Waals surface area (Å²) in [5.74, 6) is 0.772. The minimum absolute atomic E-state index is 0.0861. The second-order valence-corrected chi connectivity index (χ2v) is 8.14. The number of aryl methyl sites for hydroxylation is 1. The number of carbonyl (C=O) groups excluding carboxylic acids is 1. The monoisotopic (exact) mass is 433 g/mol. The van der Waals surface area contributed by atoms with Gasteiger partial charge in [-0.1, -0.05) is 35.3 Å². The minimum Gasteiger partial charge on any atom is -0.385 e. The molecular weight excluding hydrogens is 413 g/mol. The summed E-state index contributed by atoms with van der Waals surface area (Å²) in [5, 5.41) is 24.3. The van der Waals surface area contributed by atoms with Gasteiger partial charge in [-0.3, -0.25) is 4.79 Å². The van der Waals surface area contributed by atoms with Gasteiger partial charge in [0.15, 0.2) is 11.5 Å². The van der Waals surface area contributed by atoms with E-state index < -0.39 is 5.60 Å². The molecule has 1 saturated heterocycles. The van der Waals surface area contributed by atoms with E-state index in [9.17, 15) is 9.90 Å². The van der Waals surface area contributed by atoms with Crippen LogP contribution in [0.1, 0.15) is 37.1 Å². The molecule has 7 nitrogen and oxygen atoms in total. The van der Waals surface area contributed by atoms with Crippen LogP contribution in [0.5, 0.6) is 0 Å². The van der Waals surface area contributed by atoms with E-state index in [4.69, 9.17) is 23.2 Å². The number of benzene rings is 1.